The van der Waals surface area contributed by atoms with E-state index in [1.54, 1.807) is 6.20 Å². The van der Waals surface area contributed by atoms with Crippen LogP contribution >= 0.6 is 11.6 Å². The summed E-state index contributed by atoms with van der Waals surface area (Å²) in [4.78, 5) is 20.9. The highest BCUT2D eigenvalue weighted by Gasteiger charge is 2.30. The van der Waals surface area contributed by atoms with E-state index in [4.69, 9.17) is 11.6 Å². The van der Waals surface area contributed by atoms with Crippen LogP contribution in [0, 0.1) is 5.92 Å². The van der Waals surface area contributed by atoms with Crippen molar-refractivity contribution < 1.29 is 4.79 Å². The van der Waals surface area contributed by atoms with E-state index in [9.17, 15) is 4.79 Å². The predicted molar refractivity (Wildman–Crippen MR) is 83.1 cm³/mol. The maximum absolute atomic E-state index is 12.3. The minimum atomic E-state index is 0.310. The van der Waals surface area contributed by atoms with Gasteiger partial charge in [0.25, 0.3) is 0 Å². The zero-order valence-electron chi connectivity index (χ0n) is 12.3. The molecule has 0 N–H and O–H groups in total. The van der Waals surface area contributed by atoms with Crippen LogP contribution in [0.2, 0.25) is 5.02 Å². The van der Waals surface area contributed by atoms with Crippen molar-refractivity contribution in [1.82, 2.24) is 14.8 Å². The molecule has 2 aliphatic rings. The zero-order chi connectivity index (χ0) is 14.7. The Morgan fingerprint density at radius 2 is 2.10 bits per heavy atom. The van der Waals surface area contributed by atoms with Crippen LogP contribution < -0.4 is 0 Å². The summed E-state index contributed by atoms with van der Waals surface area (Å²) in [6, 6.07) is 1.83. The Balaban J connectivity index is 1.55. The Hall–Kier alpha value is -1.13. The number of rotatable bonds is 3. The van der Waals surface area contributed by atoms with Gasteiger partial charge in [0.2, 0.25) is 5.91 Å². The maximum atomic E-state index is 12.3. The van der Waals surface area contributed by atoms with Crippen LogP contribution in [0.3, 0.4) is 0 Å². The molecule has 2 heterocycles. The molecule has 1 saturated heterocycles. The second-order valence-electron chi connectivity index (χ2n) is 6.05. The zero-order valence-corrected chi connectivity index (χ0v) is 13.1. The average Bonchev–Trinajstić information content (AvgIpc) is 2.65. The first-order valence-corrected chi connectivity index (χ1v) is 8.21. The summed E-state index contributed by atoms with van der Waals surface area (Å²) >= 11 is 6.20. The maximum Gasteiger partial charge on any atom is 0.225 e. The normalized spacial score (nSPS) is 20.9. The number of pyridine rings is 1. The summed E-state index contributed by atoms with van der Waals surface area (Å²) < 4.78 is 0. The second-order valence-corrected chi connectivity index (χ2v) is 6.46. The molecule has 1 aliphatic carbocycles. The lowest BCUT2D eigenvalue weighted by molar-refractivity contribution is -0.138. The van der Waals surface area contributed by atoms with E-state index < -0.39 is 0 Å². The van der Waals surface area contributed by atoms with Gasteiger partial charge in [-0.25, -0.2) is 0 Å². The van der Waals surface area contributed by atoms with Crippen molar-refractivity contribution >= 4 is 17.5 Å². The lowest BCUT2D eigenvalue weighted by Crippen LogP contribution is -2.41. The highest BCUT2D eigenvalue weighted by atomic mass is 35.5. The van der Waals surface area contributed by atoms with Crippen molar-refractivity contribution in [1.29, 1.82) is 0 Å². The number of nitrogens with zero attached hydrogens (tertiary/aromatic N) is 3. The summed E-state index contributed by atoms with van der Waals surface area (Å²) in [5.74, 6) is 0.687. The third kappa shape index (κ3) is 3.55. The number of carbonyl (C=O) groups is 1. The lowest BCUT2D eigenvalue weighted by atomic mass is 9.84. The quantitative estimate of drug-likeness (QED) is 0.861. The van der Waals surface area contributed by atoms with Crippen molar-refractivity contribution in [2.45, 2.75) is 32.2 Å². The van der Waals surface area contributed by atoms with Gasteiger partial charge < -0.3 is 4.90 Å². The topological polar surface area (TPSA) is 36.4 Å². The van der Waals surface area contributed by atoms with Gasteiger partial charge >= 0.3 is 0 Å². The van der Waals surface area contributed by atoms with Gasteiger partial charge in [-0.15, -0.1) is 0 Å². The molecule has 1 saturated carbocycles. The molecule has 5 heteroatoms. The molecule has 0 aromatic carbocycles. The largest absolute Gasteiger partial charge is 0.341 e. The smallest absolute Gasteiger partial charge is 0.225 e. The molecular weight excluding hydrogens is 286 g/mol. The molecule has 0 spiro atoms. The average molecular weight is 308 g/mol. The van der Waals surface area contributed by atoms with E-state index in [1.807, 2.05) is 12.3 Å². The molecule has 0 atom stereocenters. The molecular formula is C16H22ClN3O. The van der Waals surface area contributed by atoms with Crippen molar-refractivity contribution in [3.8, 4) is 0 Å². The van der Waals surface area contributed by atoms with Gasteiger partial charge in [-0.05, 0) is 25.3 Å². The fourth-order valence-electron chi connectivity index (χ4n) is 3.03. The number of carbonyl (C=O) groups excluding carboxylic acids is 1. The van der Waals surface area contributed by atoms with E-state index in [1.165, 1.54) is 6.42 Å². The van der Waals surface area contributed by atoms with Crippen LogP contribution in [0.15, 0.2) is 18.5 Å². The first-order chi connectivity index (χ1) is 10.2. The van der Waals surface area contributed by atoms with E-state index in [-0.39, 0.29) is 0 Å². The molecule has 21 heavy (non-hydrogen) atoms. The fourth-order valence-corrected chi connectivity index (χ4v) is 3.20. The predicted octanol–water partition coefficient (Wildman–Crippen LogP) is 2.57. The third-order valence-electron chi connectivity index (χ3n) is 4.59. The van der Waals surface area contributed by atoms with Gasteiger partial charge in [-0.3, -0.25) is 14.7 Å². The van der Waals surface area contributed by atoms with Crippen LogP contribution in [-0.4, -0.2) is 46.9 Å². The number of hydrogen-bond donors (Lipinski definition) is 0. The minimum absolute atomic E-state index is 0.310. The Labute approximate surface area is 131 Å². The molecule has 0 unspecified atom stereocenters. The van der Waals surface area contributed by atoms with E-state index in [0.717, 1.165) is 62.6 Å². The Morgan fingerprint density at radius 1 is 1.24 bits per heavy atom. The van der Waals surface area contributed by atoms with E-state index >= 15 is 0 Å². The van der Waals surface area contributed by atoms with Crippen LogP contribution in [0.5, 0.6) is 0 Å². The SMILES string of the molecule is O=C(C1CCC1)N1CCCN(Cc2cnccc2Cl)CC1. The van der Waals surface area contributed by atoms with Crippen molar-refractivity contribution in [2.75, 3.05) is 26.2 Å². The number of amides is 1. The summed E-state index contributed by atoms with van der Waals surface area (Å²) in [7, 11) is 0. The first kappa shape index (κ1) is 14.8. The summed E-state index contributed by atoms with van der Waals surface area (Å²) in [6.07, 6.45) is 7.98. The first-order valence-electron chi connectivity index (χ1n) is 7.83. The van der Waals surface area contributed by atoms with Gasteiger partial charge in [0.15, 0.2) is 0 Å². The Morgan fingerprint density at radius 3 is 2.81 bits per heavy atom. The van der Waals surface area contributed by atoms with Gasteiger partial charge in [0, 0.05) is 61.6 Å². The summed E-state index contributed by atoms with van der Waals surface area (Å²) in [6.45, 7) is 4.49. The molecule has 1 amide bonds. The van der Waals surface area contributed by atoms with E-state index in [0.29, 0.717) is 11.8 Å². The van der Waals surface area contributed by atoms with Crippen molar-refractivity contribution in [3.63, 3.8) is 0 Å². The minimum Gasteiger partial charge on any atom is -0.341 e. The molecule has 114 valence electrons. The van der Waals surface area contributed by atoms with Crippen LogP contribution in [0.4, 0.5) is 0 Å². The fraction of sp³-hybridized carbons (Fsp3) is 0.625. The molecule has 1 aliphatic heterocycles. The molecule has 3 rings (SSSR count). The number of aromatic nitrogens is 1. The third-order valence-corrected chi connectivity index (χ3v) is 4.96. The Kier molecular flexibility index (Phi) is 4.76. The molecule has 4 nitrogen and oxygen atoms in total. The number of halogens is 1. The van der Waals surface area contributed by atoms with Gasteiger partial charge in [-0.2, -0.15) is 0 Å². The van der Waals surface area contributed by atoms with Crippen LogP contribution in [0.25, 0.3) is 0 Å². The standard InChI is InChI=1S/C16H22ClN3O/c17-15-5-6-18-11-14(15)12-19-7-2-8-20(10-9-19)16(21)13-3-1-4-13/h5-6,11,13H,1-4,7-10,12H2. The Bertz CT molecular complexity index is 504. The van der Waals surface area contributed by atoms with Crippen LogP contribution in [0.1, 0.15) is 31.2 Å². The molecule has 0 bridgehead atoms. The summed E-state index contributed by atoms with van der Waals surface area (Å²) in [5.41, 5.74) is 1.07. The second kappa shape index (κ2) is 6.75. The number of hydrogen-bond acceptors (Lipinski definition) is 3. The highest BCUT2D eigenvalue weighted by molar-refractivity contribution is 6.31. The molecule has 0 radical (unpaired) electrons. The van der Waals surface area contributed by atoms with E-state index in [2.05, 4.69) is 14.8 Å². The molecule has 2 fully saturated rings. The van der Waals surface area contributed by atoms with Gasteiger partial charge in [0.05, 0.1) is 0 Å². The monoisotopic (exact) mass is 307 g/mol. The lowest BCUT2D eigenvalue weighted by Gasteiger charge is -2.31. The molecule has 1 aromatic rings. The van der Waals surface area contributed by atoms with Gasteiger partial charge in [0.1, 0.15) is 0 Å². The van der Waals surface area contributed by atoms with Crippen LogP contribution in [-0.2, 0) is 11.3 Å². The highest BCUT2D eigenvalue weighted by Crippen LogP contribution is 2.28. The van der Waals surface area contributed by atoms with Gasteiger partial charge in [-0.1, -0.05) is 18.0 Å². The van der Waals surface area contributed by atoms with Crippen molar-refractivity contribution in [3.05, 3.63) is 29.0 Å². The summed E-state index contributed by atoms with van der Waals surface area (Å²) in [5, 5.41) is 0.775. The molecule has 1 aromatic heterocycles. The van der Waals surface area contributed by atoms with Crippen molar-refractivity contribution in [2.24, 2.45) is 5.92 Å².